The van der Waals surface area contributed by atoms with Gasteiger partial charge in [0.1, 0.15) is 6.04 Å². The van der Waals surface area contributed by atoms with Crippen molar-refractivity contribution in [3.63, 3.8) is 0 Å². The van der Waals surface area contributed by atoms with Crippen LogP contribution in [0.4, 0.5) is 5.69 Å². The maximum absolute atomic E-state index is 12.6. The van der Waals surface area contributed by atoms with Gasteiger partial charge in [0.15, 0.2) is 0 Å². The number of aliphatic carboxylic acids is 1. The van der Waals surface area contributed by atoms with Gasteiger partial charge < -0.3 is 21.5 Å². The van der Waals surface area contributed by atoms with E-state index in [2.05, 4.69) is 10.6 Å². The zero-order valence-corrected chi connectivity index (χ0v) is 15.1. The molecule has 0 radical (unpaired) electrons. The number of rotatable bonds is 4. The highest BCUT2D eigenvalue weighted by molar-refractivity contribution is 6.35. The number of carboxylic acid groups (broad SMARTS) is 1. The third kappa shape index (κ3) is 3.77. The van der Waals surface area contributed by atoms with Crippen molar-refractivity contribution in [2.75, 3.05) is 5.32 Å². The molecule has 1 heterocycles. The van der Waals surface area contributed by atoms with Crippen molar-refractivity contribution < 1.29 is 14.7 Å². The average molecular weight is 394 g/mol. The molecular formula is C18H17Cl2N3O3. The monoisotopic (exact) mass is 393 g/mol. The van der Waals surface area contributed by atoms with Gasteiger partial charge in [-0.2, -0.15) is 0 Å². The van der Waals surface area contributed by atoms with Crippen LogP contribution >= 0.6 is 23.2 Å². The number of hydrogen-bond acceptors (Lipinski definition) is 4. The lowest BCUT2D eigenvalue weighted by Crippen LogP contribution is -2.41. The SMILES string of the molecule is NCc1ccc(C(=O)N[C@@H]2C[C@@H](C(=O)O)Nc3cc(Cl)cc(Cl)c32)cc1. The maximum atomic E-state index is 12.6. The normalized spacial score (nSPS) is 18.6. The summed E-state index contributed by atoms with van der Waals surface area (Å²) < 4.78 is 0. The van der Waals surface area contributed by atoms with Crippen molar-refractivity contribution in [2.45, 2.75) is 25.0 Å². The predicted molar refractivity (Wildman–Crippen MR) is 101 cm³/mol. The van der Waals surface area contributed by atoms with E-state index in [0.717, 1.165) is 5.56 Å². The number of carbonyl (C=O) groups is 2. The minimum Gasteiger partial charge on any atom is -0.480 e. The first-order valence-electron chi connectivity index (χ1n) is 7.97. The molecule has 0 aliphatic carbocycles. The van der Waals surface area contributed by atoms with Crippen LogP contribution in [-0.4, -0.2) is 23.0 Å². The Morgan fingerprint density at radius 1 is 1.23 bits per heavy atom. The Kier molecular flexibility index (Phi) is 5.36. The number of carbonyl (C=O) groups excluding carboxylic acids is 1. The molecule has 1 amide bonds. The van der Waals surface area contributed by atoms with Crippen LogP contribution in [0.1, 0.15) is 33.9 Å². The Labute approximate surface area is 160 Å². The first-order valence-corrected chi connectivity index (χ1v) is 8.72. The van der Waals surface area contributed by atoms with E-state index in [-0.39, 0.29) is 12.3 Å². The summed E-state index contributed by atoms with van der Waals surface area (Å²) in [4.78, 5) is 24.1. The lowest BCUT2D eigenvalue weighted by molar-refractivity contribution is -0.138. The highest BCUT2D eigenvalue weighted by Gasteiger charge is 2.33. The van der Waals surface area contributed by atoms with Crippen molar-refractivity contribution >= 4 is 40.8 Å². The van der Waals surface area contributed by atoms with Crippen LogP contribution in [0.3, 0.4) is 0 Å². The Bertz CT molecular complexity index is 856. The van der Waals surface area contributed by atoms with E-state index in [1.54, 1.807) is 36.4 Å². The van der Waals surface area contributed by atoms with Gasteiger partial charge in [0.25, 0.3) is 5.91 Å². The second-order valence-electron chi connectivity index (χ2n) is 6.05. The number of benzene rings is 2. The van der Waals surface area contributed by atoms with E-state index in [9.17, 15) is 14.7 Å². The minimum atomic E-state index is -1.02. The highest BCUT2D eigenvalue weighted by atomic mass is 35.5. The molecular weight excluding hydrogens is 377 g/mol. The molecule has 3 rings (SSSR count). The van der Waals surface area contributed by atoms with Crippen molar-refractivity contribution in [1.29, 1.82) is 0 Å². The molecule has 1 aliphatic heterocycles. The summed E-state index contributed by atoms with van der Waals surface area (Å²) in [6, 6.07) is 8.67. The van der Waals surface area contributed by atoms with Crippen LogP contribution in [-0.2, 0) is 11.3 Å². The van der Waals surface area contributed by atoms with Crippen LogP contribution in [0.5, 0.6) is 0 Å². The van der Waals surface area contributed by atoms with Gasteiger partial charge in [0, 0.05) is 39.8 Å². The molecule has 6 nitrogen and oxygen atoms in total. The van der Waals surface area contributed by atoms with Gasteiger partial charge in [-0.3, -0.25) is 4.79 Å². The molecule has 0 bridgehead atoms. The van der Waals surface area contributed by atoms with Gasteiger partial charge in [-0.15, -0.1) is 0 Å². The summed E-state index contributed by atoms with van der Waals surface area (Å²) in [5.74, 6) is -1.33. The van der Waals surface area contributed by atoms with Crippen molar-refractivity contribution in [2.24, 2.45) is 5.73 Å². The quantitative estimate of drug-likeness (QED) is 0.638. The number of nitrogens with one attached hydrogen (secondary N) is 2. The number of amides is 1. The summed E-state index contributed by atoms with van der Waals surface area (Å²) in [5.41, 5.74) is 8.06. The molecule has 26 heavy (non-hydrogen) atoms. The van der Waals surface area contributed by atoms with E-state index >= 15 is 0 Å². The van der Waals surface area contributed by atoms with E-state index in [4.69, 9.17) is 28.9 Å². The molecule has 2 aromatic rings. The minimum absolute atomic E-state index is 0.163. The highest BCUT2D eigenvalue weighted by Crippen LogP contribution is 2.40. The predicted octanol–water partition coefficient (Wildman–Crippen LogP) is 3.19. The fourth-order valence-electron chi connectivity index (χ4n) is 2.99. The zero-order chi connectivity index (χ0) is 18.8. The zero-order valence-electron chi connectivity index (χ0n) is 13.6. The molecule has 8 heteroatoms. The first-order chi connectivity index (χ1) is 12.4. The fraction of sp³-hybridized carbons (Fsp3) is 0.222. The van der Waals surface area contributed by atoms with Crippen molar-refractivity contribution in [1.82, 2.24) is 5.32 Å². The number of carboxylic acids is 1. The molecule has 2 atom stereocenters. The molecule has 1 aliphatic rings. The Hall–Kier alpha value is -2.28. The standard InChI is InChI=1S/C18H17Cl2N3O3/c19-11-5-12(20)16-13(6-11)22-15(18(25)26)7-14(16)23-17(24)10-3-1-9(8-21)2-4-10/h1-6,14-15,22H,7-8,21H2,(H,23,24)(H,25,26)/t14-,15+/m1/s1. The fourth-order valence-corrected chi connectivity index (χ4v) is 3.61. The van der Waals surface area contributed by atoms with Crippen molar-refractivity contribution in [3.8, 4) is 0 Å². The molecule has 0 aromatic heterocycles. The lowest BCUT2D eigenvalue weighted by Gasteiger charge is -2.32. The molecule has 0 unspecified atom stereocenters. The number of fused-ring (bicyclic) bond motifs is 1. The molecule has 0 spiro atoms. The van der Waals surface area contributed by atoms with Crippen LogP contribution < -0.4 is 16.4 Å². The molecule has 0 saturated heterocycles. The number of nitrogens with two attached hydrogens (primary N) is 1. The molecule has 0 fully saturated rings. The third-order valence-corrected chi connectivity index (χ3v) is 4.83. The van der Waals surface area contributed by atoms with E-state index in [1.807, 2.05) is 0 Å². The molecule has 2 aromatic carbocycles. The van der Waals surface area contributed by atoms with Crippen molar-refractivity contribution in [3.05, 3.63) is 63.1 Å². The van der Waals surface area contributed by atoms with E-state index in [1.165, 1.54) is 0 Å². The lowest BCUT2D eigenvalue weighted by atomic mass is 9.92. The molecule has 5 N–H and O–H groups in total. The average Bonchev–Trinajstić information content (AvgIpc) is 2.60. The summed E-state index contributed by atoms with van der Waals surface area (Å²) >= 11 is 12.3. The number of halogens is 2. The Morgan fingerprint density at radius 2 is 1.92 bits per heavy atom. The second-order valence-corrected chi connectivity index (χ2v) is 6.89. The number of hydrogen-bond donors (Lipinski definition) is 4. The summed E-state index contributed by atoms with van der Waals surface area (Å²) in [7, 11) is 0. The summed E-state index contributed by atoms with van der Waals surface area (Å²) in [6.07, 6.45) is 0.163. The van der Waals surface area contributed by atoms with Gasteiger partial charge in [-0.05, 0) is 29.8 Å². The number of anilines is 1. The van der Waals surface area contributed by atoms with Crippen LogP contribution in [0.25, 0.3) is 0 Å². The molecule has 136 valence electrons. The van der Waals surface area contributed by atoms with Crippen LogP contribution in [0.15, 0.2) is 36.4 Å². The van der Waals surface area contributed by atoms with Gasteiger partial charge in [-0.1, -0.05) is 35.3 Å². The third-order valence-electron chi connectivity index (χ3n) is 4.30. The van der Waals surface area contributed by atoms with Gasteiger partial charge >= 0.3 is 5.97 Å². The molecule has 0 saturated carbocycles. The Balaban J connectivity index is 1.90. The summed E-state index contributed by atoms with van der Waals surface area (Å²) in [5, 5.41) is 15.9. The topological polar surface area (TPSA) is 104 Å². The largest absolute Gasteiger partial charge is 0.480 e. The van der Waals surface area contributed by atoms with E-state index in [0.29, 0.717) is 33.4 Å². The Morgan fingerprint density at radius 3 is 2.54 bits per heavy atom. The van der Waals surface area contributed by atoms with Gasteiger partial charge in [0.05, 0.1) is 6.04 Å². The smallest absolute Gasteiger partial charge is 0.326 e. The van der Waals surface area contributed by atoms with Gasteiger partial charge in [-0.25, -0.2) is 4.79 Å². The van der Waals surface area contributed by atoms with Crippen LogP contribution in [0.2, 0.25) is 10.0 Å². The van der Waals surface area contributed by atoms with Gasteiger partial charge in [0.2, 0.25) is 0 Å². The summed E-state index contributed by atoms with van der Waals surface area (Å²) in [6.45, 7) is 0.389. The first kappa shape index (κ1) is 18.5. The van der Waals surface area contributed by atoms with Crippen LogP contribution in [0, 0.1) is 0 Å². The van der Waals surface area contributed by atoms with E-state index < -0.39 is 18.1 Å². The second kappa shape index (κ2) is 7.53. The maximum Gasteiger partial charge on any atom is 0.326 e.